The molecule has 1 aliphatic rings. The first kappa shape index (κ1) is 21.9. The first-order chi connectivity index (χ1) is 12.7. The summed E-state index contributed by atoms with van der Waals surface area (Å²) in [5.41, 5.74) is 3.83. The van der Waals surface area contributed by atoms with Crippen molar-refractivity contribution >= 4 is 51.6 Å². The predicted molar refractivity (Wildman–Crippen MR) is 127 cm³/mol. The number of nitrogens with one attached hydrogen (secondary N) is 2. The van der Waals surface area contributed by atoms with Gasteiger partial charge in [0.15, 0.2) is 5.96 Å². The van der Waals surface area contributed by atoms with Crippen molar-refractivity contribution in [3.63, 3.8) is 0 Å². The van der Waals surface area contributed by atoms with E-state index in [1.165, 1.54) is 16.8 Å². The maximum Gasteiger partial charge on any atom is 0.191 e. The van der Waals surface area contributed by atoms with E-state index < -0.39 is 0 Å². The molecule has 3 rings (SSSR count). The Kier molecular flexibility index (Phi) is 8.82. The van der Waals surface area contributed by atoms with Gasteiger partial charge >= 0.3 is 0 Å². The van der Waals surface area contributed by atoms with Crippen LogP contribution in [0.5, 0.6) is 0 Å². The van der Waals surface area contributed by atoms with Crippen molar-refractivity contribution in [3.8, 4) is 0 Å². The molecule has 0 amide bonds. The van der Waals surface area contributed by atoms with Gasteiger partial charge in [-0.2, -0.15) is 0 Å². The molecule has 1 aromatic carbocycles. The highest BCUT2D eigenvalue weighted by molar-refractivity contribution is 14.0. The van der Waals surface area contributed by atoms with Crippen LogP contribution in [0, 0.1) is 6.92 Å². The highest BCUT2D eigenvalue weighted by atomic mass is 127. The number of aryl methyl sites for hydroxylation is 1. The summed E-state index contributed by atoms with van der Waals surface area (Å²) in [7, 11) is 1.83. The maximum atomic E-state index is 4.37. The van der Waals surface area contributed by atoms with Crippen molar-refractivity contribution in [2.45, 2.75) is 25.8 Å². The van der Waals surface area contributed by atoms with Crippen molar-refractivity contribution in [2.75, 3.05) is 31.6 Å². The van der Waals surface area contributed by atoms with E-state index in [4.69, 9.17) is 0 Å². The summed E-state index contributed by atoms with van der Waals surface area (Å²) < 4.78 is 1.11. The van der Waals surface area contributed by atoms with Crippen LogP contribution in [0.25, 0.3) is 0 Å². The molecule has 0 bridgehead atoms. The molecule has 1 saturated heterocycles. The summed E-state index contributed by atoms with van der Waals surface area (Å²) >= 11 is 3.49. The average molecular weight is 544 g/mol. The fraction of sp³-hybridized carbons (Fsp3) is 0.400. The molecule has 0 saturated carbocycles. The van der Waals surface area contributed by atoms with Gasteiger partial charge in [0.2, 0.25) is 0 Å². The standard InChI is InChI=1S/C20H26BrN5.HI/c1-15-13-23-10-7-16(15)8-11-24-20(22-2)25-18-9-12-26(14-18)19-5-3-17(21)4-6-19;/h3-7,10,13,18H,8-9,11-12,14H2,1-2H3,(H2,22,24,25);1H. The Hall–Kier alpha value is -1.35. The van der Waals surface area contributed by atoms with E-state index >= 15 is 0 Å². The zero-order valence-corrected chi connectivity index (χ0v) is 19.7. The predicted octanol–water partition coefficient (Wildman–Crippen LogP) is 3.76. The highest BCUT2D eigenvalue weighted by Gasteiger charge is 2.23. The Morgan fingerprint density at radius 2 is 2.07 bits per heavy atom. The normalized spacial score (nSPS) is 16.8. The van der Waals surface area contributed by atoms with E-state index in [1.807, 2.05) is 19.4 Å². The fourth-order valence-electron chi connectivity index (χ4n) is 3.25. The minimum atomic E-state index is 0. The lowest BCUT2D eigenvalue weighted by Gasteiger charge is -2.20. The van der Waals surface area contributed by atoms with Gasteiger partial charge in [0.1, 0.15) is 0 Å². The lowest BCUT2D eigenvalue weighted by atomic mass is 10.1. The Bertz CT molecular complexity index is 750. The topological polar surface area (TPSA) is 52.6 Å². The van der Waals surface area contributed by atoms with E-state index in [0.29, 0.717) is 6.04 Å². The van der Waals surface area contributed by atoms with Gasteiger partial charge in [-0.25, -0.2) is 0 Å². The van der Waals surface area contributed by atoms with Gasteiger partial charge < -0.3 is 15.5 Å². The average Bonchev–Trinajstić information content (AvgIpc) is 3.11. The Morgan fingerprint density at radius 3 is 2.78 bits per heavy atom. The number of aliphatic imine (C=N–C) groups is 1. The molecule has 5 nitrogen and oxygen atoms in total. The number of benzene rings is 1. The largest absolute Gasteiger partial charge is 0.369 e. The Labute approximate surface area is 187 Å². The first-order valence-corrected chi connectivity index (χ1v) is 9.82. The summed E-state index contributed by atoms with van der Waals surface area (Å²) in [6.45, 7) is 5.01. The quantitative estimate of drug-likeness (QED) is 0.342. The number of pyridine rings is 1. The van der Waals surface area contributed by atoms with Crippen molar-refractivity contribution in [1.29, 1.82) is 0 Å². The summed E-state index contributed by atoms with van der Waals surface area (Å²) in [6, 6.07) is 11.0. The SMILES string of the molecule is CN=C(NCCc1ccncc1C)NC1CCN(c2ccc(Br)cc2)C1.I. The number of nitrogens with zero attached hydrogens (tertiary/aromatic N) is 3. The van der Waals surface area contributed by atoms with Gasteiger partial charge in [-0.1, -0.05) is 15.9 Å². The van der Waals surface area contributed by atoms with Crippen LogP contribution in [-0.2, 0) is 6.42 Å². The van der Waals surface area contributed by atoms with Crippen LogP contribution in [-0.4, -0.2) is 43.7 Å². The molecule has 1 unspecified atom stereocenters. The van der Waals surface area contributed by atoms with E-state index in [1.54, 1.807) is 0 Å². The molecule has 1 aliphatic heterocycles. The number of hydrogen-bond donors (Lipinski definition) is 2. The number of anilines is 1. The molecule has 2 heterocycles. The zero-order chi connectivity index (χ0) is 18.4. The molecule has 2 N–H and O–H groups in total. The Morgan fingerprint density at radius 1 is 1.30 bits per heavy atom. The van der Waals surface area contributed by atoms with E-state index in [2.05, 4.69) is 78.7 Å². The minimum Gasteiger partial charge on any atom is -0.369 e. The number of hydrogen-bond acceptors (Lipinski definition) is 3. The molecule has 27 heavy (non-hydrogen) atoms. The smallest absolute Gasteiger partial charge is 0.191 e. The van der Waals surface area contributed by atoms with Crippen LogP contribution in [0.3, 0.4) is 0 Å². The van der Waals surface area contributed by atoms with E-state index in [9.17, 15) is 0 Å². The third-order valence-electron chi connectivity index (χ3n) is 4.77. The molecular weight excluding hydrogens is 517 g/mol. The van der Waals surface area contributed by atoms with Crippen LogP contribution in [0.15, 0.2) is 52.2 Å². The number of aromatic nitrogens is 1. The van der Waals surface area contributed by atoms with Gasteiger partial charge in [-0.15, -0.1) is 24.0 Å². The van der Waals surface area contributed by atoms with Crippen LogP contribution < -0.4 is 15.5 Å². The molecule has 1 aromatic heterocycles. The third-order valence-corrected chi connectivity index (χ3v) is 5.30. The van der Waals surface area contributed by atoms with Crippen molar-refractivity contribution in [2.24, 2.45) is 4.99 Å². The number of halogens is 2. The second-order valence-corrected chi connectivity index (χ2v) is 7.52. The van der Waals surface area contributed by atoms with Gasteiger partial charge in [-0.3, -0.25) is 9.98 Å². The van der Waals surface area contributed by atoms with Crippen molar-refractivity contribution < 1.29 is 0 Å². The second kappa shape index (κ2) is 10.8. The van der Waals surface area contributed by atoms with Crippen LogP contribution in [0.2, 0.25) is 0 Å². The van der Waals surface area contributed by atoms with Gasteiger partial charge in [0.05, 0.1) is 0 Å². The summed E-state index contributed by atoms with van der Waals surface area (Å²) in [5.74, 6) is 0.874. The first-order valence-electron chi connectivity index (χ1n) is 9.03. The van der Waals surface area contributed by atoms with Crippen LogP contribution in [0.4, 0.5) is 5.69 Å². The van der Waals surface area contributed by atoms with Crippen LogP contribution in [0.1, 0.15) is 17.5 Å². The van der Waals surface area contributed by atoms with E-state index in [-0.39, 0.29) is 24.0 Å². The summed E-state index contributed by atoms with van der Waals surface area (Å²) in [6.07, 6.45) is 5.84. The van der Waals surface area contributed by atoms with Crippen molar-refractivity contribution in [3.05, 3.63) is 58.3 Å². The number of guanidine groups is 1. The molecular formula is C20H27BrIN5. The van der Waals surface area contributed by atoms with Gasteiger partial charge in [0, 0.05) is 55.3 Å². The van der Waals surface area contributed by atoms with Crippen molar-refractivity contribution in [1.82, 2.24) is 15.6 Å². The van der Waals surface area contributed by atoms with Crippen LogP contribution >= 0.6 is 39.9 Å². The van der Waals surface area contributed by atoms with Gasteiger partial charge in [0.25, 0.3) is 0 Å². The molecule has 0 spiro atoms. The zero-order valence-electron chi connectivity index (χ0n) is 15.8. The van der Waals surface area contributed by atoms with E-state index in [0.717, 1.165) is 42.9 Å². The number of rotatable bonds is 5. The summed E-state index contributed by atoms with van der Waals surface area (Å²) in [4.78, 5) is 10.9. The second-order valence-electron chi connectivity index (χ2n) is 6.60. The molecule has 1 atom stereocenters. The maximum absolute atomic E-state index is 4.37. The van der Waals surface area contributed by atoms with Gasteiger partial charge in [-0.05, 0) is 61.2 Å². The molecule has 7 heteroatoms. The highest BCUT2D eigenvalue weighted by Crippen LogP contribution is 2.22. The Balaban J connectivity index is 0.00000261. The molecule has 146 valence electrons. The molecule has 0 aliphatic carbocycles. The lowest BCUT2D eigenvalue weighted by Crippen LogP contribution is -2.45. The molecule has 2 aromatic rings. The lowest BCUT2D eigenvalue weighted by molar-refractivity contribution is 0.648. The molecule has 0 radical (unpaired) electrons. The summed E-state index contributed by atoms with van der Waals surface area (Å²) in [5, 5.41) is 6.98. The molecule has 1 fully saturated rings. The minimum absolute atomic E-state index is 0. The third kappa shape index (κ3) is 6.34. The monoisotopic (exact) mass is 543 g/mol. The fourth-order valence-corrected chi connectivity index (χ4v) is 3.52.